The van der Waals surface area contributed by atoms with Crippen molar-refractivity contribution in [2.45, 2.75) is 32.3 Å². The molecule has 0 radical (unpaired) electrons. The molecule has 0 saturated heterocycles. The number of carboxylic acid groups (broad SMARTS) is 1. The number of aryl methyl sites for hydroxylation is 1. The zero-order valence-corrected chi connectivity index (χ0v) is 10.1. The van der Waals surface area contributed by atoms with E-state index in [9.17, 15) is 9.59 Å². The highest BCUT2D eigenvalue weighted by Gasteiger charge is 2.19. The maximum Gasteiger partial charge on any atom is 0.303 e. The van der Waals surface area contributed by atoms with Crippen LogP contribution < -0.4 is 10.1 Å². The summed E-state index contributed by atoms with van der Waals surface area (Å²) in [5.41, 5.74) is 1.49. The van der Waals surface area contributed by atoms with Crippen LogP contribution in [0.25, 0.3) is 0 Å². The predicted molar refractivity (Wildman–Crippen MR) is 65.7 cm³/mol. The van der Waals surface area contributed by atoms with E-state index >= 15 is 0 Å². The van der Waals surface area contributed by atoms with Crippen molar-refractivity contribution in [1.29, 1.82) is 0 Å². The third-order valence-electron chi connectivity index (χ3n) is 2.75. The van der Waals surface area contributed by atoms with Gasteiger partial charge in [0.05, 0.1) is 12.1 Å². The van der Waals surface area contributed by atoms with Crippen LogP contribution >= 0.6 is 0 Å². The lowest BCUT2D eigenvalue weighted by atomic mass is 10.1. The molecule has 18 heavy (non-hydrogen) atoms. The van der Waals surface area contributed by atoms with E-state index in [-0.39, 0.29) is 18.4 Å². The SMILES string of the molecule is CC1CC(=O)Nc2cc(CCC(=O)O)ccc2O1. The van der Waals surface area contributed by atoms with Crippen LogP contribution in [0.4, 0.5) is 5.69 Å². The number of anilines is 1. The normalized spacial score (nSPS) is 18.3. The molecule has 5 heteroatoms. The van der Waals surface area contributed by atoms with Crippen molar-refractivity contribution >= 4 is 17.6 Å². The van der Waals surface area contributed by atoms with Gasteiger partial charge < -0.3 is 15.2 Å². The van der Waals surface area contributed by atoms with Gasteiger partial charge in [-0.3, -0.25) is 9.59 Å². The van der Waals surface area contributed by atoms with E-state index in [0.717, 1.165) is 5.56 Å². The topological polar surface area (TPSA) is 75.6 Å². The van der Waals surface area contributed by atoms with Crippen molar-refractivity contribution in [2.24, 2.45) is 0 Å². The molecule has 0 spiro atoms. The molecule has 0 aromatic heterocycles. The van der Waals surface area contributed by atoms with Gasteiger partial charge in [-0.1, -0.05) is 6.07 Å². The molecule has 0 bridgehead atoms. The van der Waals surface area contributed by atoms with Crippen LogP contribution in [-0.2, 0) is 16.0 Å². The predicted octanol–water partition coefficient (Wildman–Crippen LogP) is 1.81. The Bertz CT molecular complexity index is 484. The lowest BCUT2D eigenvalue weighted by Gasteiger charge is -2.11. The Morgan fingerprint density at radius 1 is 1.56 bits per heavy atom. The van der Waals surface area contributed by atoms with Crippen LogP contribution in [0.2, 0.25) is 0 Å². The van der Waals surface area contributed by atoms with Gasteiger partial charge in [-0.15, -0.1) is 0 Å². The molecule has 0 aliphatic carbocycles. The average Bonchev–Trinajstić information content (AvgIpc) is 2.42. The van der Waals surface area contributed by atoms with E-state index < -0.39 is 5.97 Å². The fourth-order valence-corrected chi connectivity index (χ4v) is 1.91. The Morgan fingerprint density at radius 2 is 2.33 bits per heavy atom. The fourth-order valence-electron chi connectivity index (χ4n) is 1.91. The number of carbonyl (C=O) groups excluding carboxylic acids is 1. The molecule has 1 aliphatic rings. The Morgan fingerprint density at radius 3 is 3.06 bits per heavy atom. The van der Waals surface area contributed by atoms with E-state index in [1.165, 1.54) is 0 Å². The number of benzene rings is 1. The highest BCUT2D eigenvalue weighted by molar-refractivity contribution is 5.93. The summed E-state index contributed by atoms with van der Waals surface area (Å²) in [5, 5.41) is 11.4. The molecule has 1 heterocycles. The minimum absolute atomic E-state index is 0.0734. The summed E-state index contributed by atoms with van der Waals surface area (Å²) < 4.78 is 5.61. The minimum Gasteiger partial charge on any atom is -0.488 e. The minimum atomic E-state index is -0.834. The standard InChI is InChI=1S/C13H15NO4/c1-8-6-12(15)14-10-7-9(3-5-13(16)17)2-4-11(10)18-8/h2,4,7-8H,3,5-6H2,1H3,(H,14,15)(H,16,17). The van der Waals surface area contributed by atoms with Gasteiger partial charge >= 0.3 is 5.97 Å². The van der Waals surface area contributed by atoms with Crippen LogP contribution in [0.1, 0.15) is 25.3 Å². The van der Waals surface area contributed by atoms with E-state index in [1.807, 2.05) is 13.0 Å². The van der Waals surface area contributed by atoms with Gasteiger partial charge in [0, 0.05) is 6.42 Å². The van der Waals surface area contributed by atoms with Crippen molar-refractivity contribution in [1.82, 2.24) is 0 Å². The first-order chi connectivity index (χ1) is 8.54. The van der Waals surface area contributed by atoms with Gasteiger partial charge in [0.2, 0.25) is 5.91 Å². The third-order valence-corrected chi connectivity index (χ3v) is 2.75. The van der Waals surface area contributed by atoms with Crippen molar-refractivity contribution in [3.63, 3.8) is 0 Å². The van der Waals surface area contributed by atoms with Crippen molar-refractivity contribution in [2.75, 3.05) is 5.32 Å². The van der Waals surface area contributed by atoms with Crippen LogP contribution in [0.5, 0.6) is 5.75 Å². The lowest BCUT2D eigenvalue weighted by Crippen LogP contribution is -2.17. The number of amides is 1. The van der Waals surface area contributed by atoms with Crippen LogP contribution in [0.3, 0.4) is 0 Å². The van der Waals surface area contributed by atoms with Crippen molar-refractivity contribution in [3.8, 4) is 5.75 Å². The Labute approximate surface area is 105 Å². The number of aliphatic carboxylic acids is 1. The molecule has 1 aliphatic heterocycles. The van der Waals surface area contributed by atoms with E-state index in [2.05, 4.69) is 5.32 Å². The highest BCUT2D eigenvalue weighted by atomic mass is 16.5. The summed E-state index contributed by atoms with van der Waals surface area (Å²) in [6.07, 6.45) is 0.674. The molecule has 2 rings (SSSR count). The largest absolute Gasteiger partial charge is 0.488 e. The van der Waals surface area contributed by atoms with Gasteiger partial charge in [0.1, 0.15) is 11.9 Å². The summed E-state index contributed by atoms with van der Waals surface area (Å²) in [6.45, 7) is 1.84. The summed E-state index contributed by atoms with van der Waals surface area (Å²) in [7, 11) is 0. The van der Waals surface area contributed by atoms with Crippen molar-refractivity contribution < 1.29 is 19.4 Å². The number of hydrogen-bond acceptors (Lipinski definition) is 3. The van der Waals surface area contributed by atoms with Crippen LogP contribution in [0.15, 0.2) is 18.2 Å². The molecular formula is C13H15NO4. The molecule has 1 unspecified atom stereocenters. The summed E-state index contributed by atoms with van der Waals surface area (Å²) >= 11 is 0. The number of rotatable bonds is 3. The summed E-state index contributed by atoms with van der Waals surface area (Å²) in [6, 6.07) is 5.37. The van der Waals surface area contributed by atoms with Gasteiger partial charge in [-0.2, -0.15) is 0 Å². The molecule has 1 aromatic carbocycles. The van der Waals surface area contributed by atoms with Crippen LogP contribution in [0, 0.1) is 0 Å². The number of hydrogen-bond donors (Lipinski definition) is 2. The quantitative estimate of drug-likeness (QED) is 0.856. The summed E-state index contributed by atoms with van der Waals surface area (Å²) in [5.74, 6) is -0.289. The molecule has 1 atom stereocenters. The van der Waals surface area contributed by atoms with E-state index in [4.69, 9.17) is 9.84 Å². The number of carbonyl (C=O) groups is 2. The third kappa shape index (κ3) is 3.00. The smallest absolute Gasteiger partial charge is 0.303 e. The second-order valence-electron chi connectivity index (χ2n) is 4.41. The number of ether oxygens (including phenoxy) is 1. The van der Waals surface area contributed by atoms with Gasteiger partial charge in [0.15, 0.2) is 0 Å². The molecule has 96 valence electrons. The molecule has 5 nitrogen and oxygen atoms in total. The zero-order chi connectivity index (χ0) is 13.1. The lowest BCUT2D eigenvalue weighted by molar-refractivity contribution is -0.137. The van der Waals surface area contributed by atoms with Gasteiger partial charge in [-0.25, -0.2) is 0 Å². The molecule has 2 N–H and O–H groups in total. The number of fused-ring (bicyclic) bond motifs is 1. The Balaban J connectivity index is 2.20. The fraction of sp³-hybridized carbons (Fsp3) is 0.385. The average molecular weight is 249 g/mol. The Hall–Kier alpha value is -2.04. The second kappa shape index (κ2) is 5.08. The molecule has 1 aromatic rings. The van der Waals surface area contributed by atoms with Gasteiger partial charge in [-0.05, 0) is 31.0 Å². The number of carboxylic acids is 1. The molecule has 1 amide bonds. The first-order valence-corrected chi connectivity index (χ1v) is 5.86. The molecule has 0 saturated carbocycles. The maximum atomic E-state index is 11.5. The van der Waals surface area contributed by atoms with E-state index in [0.29, 0.717) is 24.3 Å². The molecule has 0 fully saturated rings. The van der Waals surface area contributed by atoms with Crippen molar-refractivity contribution in [3.05, 3.63) is 23.8 Å². The zero-order valence-electron chi connectivity index (χ0n) is 10.1. The first kappa shape index (κ1) is 12.4. The molecular weight excluding hydrogens is 234 g/mol. The van der Waals surface area contributed by atoms with E-state index in [1.54, 1.807) is 12.1 Å². The second-order valence-corrected chi connectivity index (χ2v) is 4.41. The highest BCUT2D eigenvalue weighted by Crippen LogP contribution is 2.30. The Kier molecular flexibility index (Phi) is 3.50. The maximum absolute atomic E-state index is 11.5. The first-order valence-electron chi connectivity index (χ1n) is 5.86. The number of nitrogens with one attached hydrogen (secondary N) is 1. The van der Waals surface area contributed by atoms with Gasteiger partial charge in [0.25, 0.3) is 0 Å². The summed E-state index contributed by atoms with van der Waals surface area (Å²) in [4.78, 5) is 22.1. The monoisotopic (exact) mass is 249 g/mol. The van der Waals surface area contributed by atoms with Crippen LogP contribution in [-0.4, -0.2) is 23.1 Å².